The molecule has 0 atom stereocenters. The molecule has 2 rings (SSSR count). The number of halogens is 1. The SMILES string of the molecule is CC1(c2ccc(Br)cc2)CSC1. The van der Waals surface area contributed by atoms with Crippen molar-refractivity contribution in [3.8, 4) is 0 Å². The van der Waals surface area contributed by atoms with Crippen molar-refractivity contribution in [2.75, 3.05) is 11.5 Å². The normalized spacial score (nSPS) is 20.2. The van der Waals surface area contributed by atoms with Crippen molar-refractivity contribution in [1.82, 2.24) is 0 Å². The van der Waals surface area contributed by atoms with Crippen LogP contribution in [0.1, 0.15) is 12.5 Å². The van der Waals surface area contributed by atoms with Gasteiger partial charge in [-0.1, -0.05) is 35.0 Å². The fourth-order valence-corrected chi connectivity index (χ4v) is 2.84. The Morgan fingerprint density at radius 2 is 1.83 bits per heavy atom. The Kier molecular flexibility index (Phi) is 2.21. The Morgan fingerprint density at radius 3 is 2.25 bits per heavy atom. The van der Waals surface area contributed by atoms with Gasteiger partial charge in [-0.25, -0.2) is 0 Å². The third kappa shape index (κ3) is 1.42. The molecule has 0 radical (unpaired) electrons. The summed E-state index contributed by atoms with van der Waals surface area (Å²) in [5.74, 6) is 2.54. The molecular weight excluding hydrogens is 232 g/mol. The van der Waals surface area contributed by atoms with Crippen LogP contribution >= 0.6 is 27.7 Å². The van der Waals surface area contributed by atoms with Gasteiger partial charge in [-0.15, -0.1) is 0 Å². The Bertz CT molecular complexity index is 274. The van der Waals surface area contributed by atoms with Crippen LogP contribution in [0, 0.1) is 0 Å². The van der Waals surface area contributed by atoms with Gasteiger partial charge in [-0.3, -0.25) is 0 Å². The van der Waals surface area contributed by atoms with E-state index >= 15 is 0 Å². The zero-order valence-electron chi connectivity index (χ0n) is 7.01. The molecule has 0 unspecified atom stereocenters. The molecule has 1 saturated heterocycles. The van der Waals surface area contributed by atoms with Crippen LogP contribution in [-0.2, 0) is 5.41 Å². The van der Waals surface area contributed by atoms with Crippen molar-refractivity contribution in [2.45, 2.75) is 12.3 Å². The van der Waals surface area contributed by atoms with Crippen LogP contribution in [0.4, 0.5) is 0 Å². The van der Waals surface area contributed by atoms with E-state index in [1.165, 1.54) is 21.5 Å². The lowest BCUT2D eigenvalue weighted by Gasteiger charge is -2.38. The quantitative estimate of drug-likeness (QED) is 0.727. The molecule has 1 aliphatic heterocycles. The molecule has 1 aromatic carbocycles. The first-order chi connectivity index (χ1) is 5.71. The lowest BCUT2D eigenvalue weighted by molar-refractivity contribution is 0.580. The van der Waals surface area contributed by atoms with E-state index < -0.39 is 0 Å². The maximum atomic E-state index is 3.45. The maximum Gasteiger partial charge on any atom is 0.0175 e. The molecule has 0 bridgehead atoms. The standard InChI is InChI=1S/C10H11BrS/c1-10(6-12-7-10)8-2-4-9(11)5-3-8/h2-5H,6-7H2,1H3. The largest absolute Gasteiger partial charge is 0.160 e. The zero-order chi connectivity index (χ0) is 8.60. The molecule has 1 heterocycles. The van der Waals surface area contributed by atoms with E-state index in [4.69, 9.17) is 0 Å². The highest BCUT2D eigenvalue weighted by Gasteiger charge is 2.33. The van der Waals surface area contributed by atoms with Crippen LogP contribution in [0.3, 0.4) is 0 Å². The van der Waals surface area contributed by atoms with E-state index in [1.54, 1.807) is 0 Å². The molecule has 2 heteroatoms. The molecular formula is C10H11BrS. The molecule has 0 aromatic heterocycles. The van der Waals surface area contributed by atoms with Crippen LogP contribution < -0.4 is 0 Å². The fourth-order valence-electron chi connectivity index (χ4n) is 1.43. The summed E-state index contributed by atoms with van der Waals surface area (Å²) in [6.45, 7) is 2.34. The molecule has 0 spiro atoms. The van der Waals surface area contributed by atoms with Crippen molar-refractivity contribution in [3.05, 3.63) is 34.3 Å². The molecule has 0 aliphatic carbocycles. The summed E-state index contributed by atoms with van der Waals surface area (Å²) in [6, 6.07) is 8.71. The van der Waals surface area contributed by atoms with E-state index in [-0.39, 0.29) is 0 Å². The molecule has 0 saturated carbocycles. The smallest absolute Gasteiger partial charge is 0.0175 e. The predicted molar refractivity (Wildman–Crippen MR) is 58.8 cm³/mol. The van der Waals surface area contributed by atoms with Gasteiger partial charge >= 0.3 is 0 Å². The highest BCUT2D eigenvalue weighted by Crippen LogP contribution is 2.40. The molecule has 0 amide bonds. The second kappa shape index (κ2) is 3.08. The lowest BCUT2D eigenvalue weighted by atomic mass is 9.86. The molecule has 0 N–H and O–H groups in total. The lowest BCUT2D eigenvalue weighted by Crippen LogP contribution is -2.36. The summed E-state index contributed by atoms with van der Waals surface area (Å²) in [5, 5.41) is 0. The highest BCUT2D eigenvalue weighted by atomic mass is 79.9. The van der Waals surface area contributed by atoms with Gasteiger partial charge in [0.2, 0.25) is 0 Å². The van der Waals surface area contributed by atoms with Gasteiger partial charge in [0.25, 0.3) is 0 Å². The van der Waals surface area contributed by atoms with Crippen molar-refractivity contribution < 1.29 is 0 Å². The Morgan fingerprint density at radius 1 is 1.25 bits per heavy atom. The monoisotopic (exact) mass is 242 g/mol. The van der Waals surface area contributed by atoms with Gasteiger partial charge in [0.15, 0.2) is 0 Å². The van der Waals surface area contributed by atoms with E-state index in [2.05, 4.69) is 47.1 Å². The molecule has 12 heavy (non-hydrogen) atoms. The first kappa shape index (κ1) is 8.64. The van der Waals surface area contributed by atoms with Crippen LogP contribution in [0.5, 0.6) is 0 Å². The van der Waals surface area contributed by atoms with Gasteiger partial charge in [-0.05, 0) is 17.7 Å². The molecule has 64 valence electrons. The minimum absolute atomic E-state index is 0.450. The minimum Gasteiger partial charge on any atom is -0.160 e. The Hall–Kier alpha value is 0.0500. The average Bonchev–Trinajstić information content (AvgIpc) is 2.02. The second-order valence-corrected chi connectivity index (χ2v) is 5.46. The third-order valence-electron chi connectivity index (χ3n) is 2.38. The molecule has 1 aromatic rings. The van der Waals surface area contributed by atoms with Gasteiger partial charge in [0, 0.05) is 21.4 Å². The number of hydrogen-bond donors (Lipinski definition) is 0. The summed E-state index contributed by atoms with van der Waals surface area (Å²) in [4.78, 5) is 0. The summed E-state index contributed by atoms with van der Waals surface area (Å²) in [5.41, 5.74) is 1.93. The third-order valence-corrected chi connectivity index (χ3v) is 4.59. The first-order valence-corrected chi connectivity index (χ1v) is 5.99. The molecule has 1 aliphatic rings. The van der Waals surface area contributed by atoms with Crippen molar-refractivity contribution in [2.24, 2.45) is 0 Å². The minimum atomic E-state index is 0.450. The van der Waals surface area contributed by atoms with Crippen LogP contribution in [0.25, 0.3) is 0 Å². The highest BCUT2D eigenvalue weighted by molar-refractivity contribution is 9.10. The zero-order valence-corrected chi connectivity index (χ0v) is 9.41. The molecule has 0 nitrogen and oxygen atoms in total. The van der Waals surface area contributed by atoms with Gasteiger partial charge in [0.05, 0.1) is 0 Å². The van der Waals surface area contributed by atoms with E-state index in [9.17, 15) is 0 Å². The summed E-state index contributed by atoms with van der Waals surface area (Å²) in [6.07, 6.45) is 0. The van der Waals surface area contributed by atoms with Gasteiger partial charge in [-0.2, -0.15) is 11.8 Å². The Balaban J connectivity index is 2.28. The average molecular weight is 243 g/mol. The van der Waals surface area contributed by atoms with Crippen LogP contribution in [0.15, 0.2) is 28.7 Å². The van der Waals surface area contributed by atoms with Crippen LogP contribution in [0.2, 0.25) is 0 Å². The first-order valence-electron chi connectivity index (χ1n) is 4.04. The van der Waals surface area contributed by atoms with Gasteiger partial charge in [0.1, 0.15) is 0 Å². The summed E-state index contributed by atoms with van der Waals surface area (Å²) >= 11 is 5.48. The summed E-state index contributed by atoms with van der Waals surface area (Å²) < 4.78 is 1.17. The van der Waals surface area contributed by atoms with Crippen molar-refractivity contribution in [3.63, 3.8) is 0 Å². The van der Waals surface area contributed by atoms with E-state index in [0.717, 1.165) is 0 Å². The number of rotatable bonds is 1. The van der Waals surface area contributed by atoms with Crippen molar-refractivity contribution >= 4 is 27.7 Å². The number of hydrogen-bond acceptors (Lipinski definition) is 1. The number of benzene rings is 1. The maximum absolute atomic E-state index is 3.45. The van der Waals surface area contributed by atoms with E-state index in [0.29, 0.717) is 5.41 Å². The number of thioether (sulfide) groups is 1. The van der Waals surface area contributed by atoms with Crippen molar-refractivity contribution in [1.29, 1.82) is 0 Å². The summed E-state index contributed by atoms with van der Waals surface area (Å²) in [7, 11) is 0. The predicted octanol–water partition coefficient (Wildman–Crippen LogP) is 3.45. The van der Waals surface area contributed by atoms with Gasteiger partial charge < -0.3 is 0 Å². The second-order valence-electron chi connectivity index (χ2n) is 3.56. The Labute approximate surface area is 85.9 Å². The topological polar surface area (TPSA) is 0 Å². The fraction of sp³-hybridized carbons (Fsp3) is 0.400. The molecule has 1 fully saturated rings. The van der Waals surface area contributed by atoms with E-state index in [1.807, 2.05) is 11.8 Å². The van der Waals surface area contributed by atoms with Crippen LogP contribution in [-0.4, -0.2) is 11.5 Å².